The summed E-state index contributed by atoms with van der Waals surface area (Å²) in [4.78, 5) is 0. The number of ether oxygens (including phenoxy) is 1. The number of hydrogen-bond donors (Lipinski definition) is 3. The van der Waals surface area contributed by atoms with E-state index in [0.717, 1.165) is 0 Å². The Morgan fingerprint density at radius 2 is 2.24 bits per heavy atom. The average Bonchev–Trinajstić information content (AvgIpc) is 2.22. The van der Waals surface area contributed by atoms with Crippen LogP contribution in [0.2, 0.25) is 0 Å². The maximum Gasteiger partial charge on any atom is 0.167 e. The standard InChI is InChI=1S/C12H17FN2O2/c1-2-17-12-6-11(10(14)5-9(12)13)15-7-3-8(16)4-7/h5-8,15-16H,2-4,14H2,1H3. The Hall–Kier alpha value is -1.49. The maximum absolute atomic E-state index is 13.4. The molecule has 0 radical (unpaired) electrons. The van der Waals surface area contributed by atoms with Crippen molar-refractivity contribution in [2.45, 2.75) is 31.9 Å². The molecule has 0 unspecified atom stereocenters. The number of halogens is 1. The van der Waals surface area contributed by atoms with Crippen molar-refractivity contribution in [3.63, 3.8) is 0 Å². The summed E-state index contributed by atoms with van der Waals surface area (Å²) < 4.78 is 18.6. The fourth-order valence-electron chi connectivity index (χ4n) is 1.89. The minimum Gasteiger partial charge on any atom is -0.491 e. The molecule has 0 spiro atoms. The predicted molar refractivity (Wildman–Crippen MR) is 64.6 cm³/mol. The van der Waals surface area contributed by atoms with Crippen LogP contribution in [-0.4, -0.2) is 23.9 Å². The highest BCUT2D eigenvalue weighted by Gasteiger charge is 2.27. The van der Waals surface area contributed by atoms with Crippen LogP contribution < -0.4 is 15.8 Å². The van der Waals surface area contributed by atoms with Crippen molar-refractivity contribution in [1.82, 2.24) is 0 Å². The van der Waals surface area contributed by atoms with Gasteiger partial charge in [-0.15, -0.1) is 0 Å². The van der Waals surface area contributed by atoms with Crippen LogP contribution in [0, 0.1) is 5.82 Å². The summed E-state index contributed by atoms with van der Waals surface area (Å²) in [6, 6.07) is 3.02. The van der Waals surface area contributed by atoms with Gasteiger partial charge in [0.25, 0.3) is 0 Å². The zero-order chi connectivity index (χ0) is 12.4. The van der Waals surface area contributed by atoms with Crippen molar-refractivity contribution >= 4 is 11.4 Å². The highest BCUT2D eigenvalue weighted by molar-refractivity contribution is 5.69. The van der Waals surface area contributed by atoms with E-state index in [0.29, 0.717) is 30.8 Å². The van der Waals surface area contributed by atoms with Gasteiger partial charge in [-0.25, -0.2) is 4.39 Å². The molecular weight excluding hydrogens is 223 g/mol. The molecule has 4 N–H and O–H groups in total. The van der Waals surface area contributed by atoms with E-state index in [1.54, 1.807) is 13.0 Å². The quantitative estimate of drug-likeness (QED) is 0.701. The van der Waals surface area contributed by atoms with E-state index in [2.05, 4.69) is 5.32 Å². The Morgan fingerprint density at radius 1 is 1.53 bits per heavy atom. The van der Waals surface area contributed by atoms with E-state index in [1.807, 2.05) is 0 Å². The number of nitrogens with one attached hydrogen (secondary N) is 1. The lowest BCUT2D eigenvalue weighted by molar-refractivity contribution is 0.0837. The SMILES string of the molecule is CCOc1cc(NC2CC(O)C2)c(N)cc1F. The Labute approximate surface area is 99.6 Å². The lowest BCUT2D eigenvalue weighted by Crippen LogP contribution is -2.39. The molecule has 0 bridgehead atoms. The summed E-state index contributed by atoms with van der Waals surface area (Å²) >= 11 is 0. The topological polar surface area (TPSA) is 67.5 Å². The first-order valence-electron chi connectivity index (χ1n) is 5.76. The molecule has 0 saturated heterocycles. The minimum absolute atomic E-state index is 0.198. The van der Waals surface area contributed by atoms with E-state index in [1.165, 1.54) is 6.07 Å². The molecule has 0 atom stereocenters. The highest BCUT2D eigenvalue weighted by Crippen LogP contribution is 2.31. The first-order chi connectivity index (χ1) is 8.10. The number of aliphatic hydroxyl groups excluding tert-OH is 1. The smallest absolute Gasteiger partial charge is 0.167 e. The highest BCUT2D eigenvalue weighted by atomic mass is 19.1. The molecule has 1 fully saturated rings. The van der Waals surface area contributed by atoms with E-state index < -0.39 is 5.82 Å². The third kappa shape index (κ3) is 2.61. The molecule has 1 aliphatic rings. The van der Waals surface area contributed by atoms with Crippen molar-refractivity contribution in [3.8, 4) is 5.75 Å². The van der Waals surface area contributed by atoms with Crippen LogP contribution in [0.3, 0.4) is 0 Å². The summed E-state index contributed by atoms with van der Waals surface area (Å²) in [6.45, 7) is 2.20. The molecule has 1 aromatic carbocycles. The molecule has 0 heterocycles. The number of nitrogen functional groups attached to an aromatic ring is 1. The summed E-state index contributed by atoms with van der Waals surface area (Å²) in [5, 5.41) is 12.4. The normalized spacial score (nSPS) is 23.0. The van der Waals surface area contributed by atoms with Gasteiger partial charge in [0.05, 0.1) is 24.1 Å². The summed E-state index contributed by atoms with van der Waals surface area (Å²) in [6.07, 6.45) is 1.15. The van der Waals surface area contributed by atoms with E-state index >= 15 is 0 Å². The van der Waals surface area contributed by atoms with Gasteiger partial charge in [-0.1, -0.05) is 0 Å². The lowest BCUT2D eigenvalue weighted by atomic mass is 9.89. The molecule has 0 aromatic heterocycles. The van der Waals surface area contributed by atoms with Gasteiger partial charge in [0, 0.05) is 18.2 Å². The second-order valence-corrected chi connectivity index (χ2v) is 4.27. The number of aliphatic hydroxyl groups is 1. The van der Waals surface area contributed by atoms with Crippen molar-refractivity contribution in [2.75, 3.05) is 17.7 Å². The van der Waals surface area contributed by atoms with E-state index in [9.17, 15) is 9.50 Å². The molecule has 94 valence electrons. The van der Waals surface area contributed by atoms with Gasteiger partial charge in [0.2, 0.25) is 0 Å². The maximum atomic E-state index is 13.4. The van der Waals surface area contributed by atoms with Crippen molar-refractivity contribution < 1.29 is 14.2 Å². The van der Waals surface area contributed by atoms with Gasteiger partial charge >= 0.3 is 0 Å². The van der Waals surface area contributed by atoms with Gasteiger partial charge in [0.1, 0.15) is 0 Å². The Balaban J connectivity index is 2.12. The second kappa shape index (κ2) is 4.79. The van der Waals surface area contributed by atoms with Crippen LogP contribution >= 0.6 is 0 Å². The molecule has 4 nitrogen and oxygen atoms in total. The first kappa shape index (κ1) is 12.0. The Morgan fingerprint density at radius 3 is 2.82 bits per heavy atom. The van der Waals surface area contributed by atoms with Gasteiger partial charge in [-0.3, -0.25) is 0 Å². The fourth-order valence-corrected chi connectivity index (χ4v) is 1.89. The number of rotatable bonds is 4. The molecule has 17 heavy (non-hydrogen) atoms. The van der Waals surface area contributed by atoms with Gasteiger partial charge in [-0.05, 0) is 19.8 Å². The van der Waals surface area contributed by atoms with Crippen LogP contribution in [-0.2, 0) is 0 Å². The van der Waals surface area contributed by atoms with Crippen molar-refractivity contribution in [1.29, 1.82) is 0 Å². The van der Waals surface area contributed by atoms with E-state index in [4.69, 9.17) is 10.5 Å². The Kier molecular flexibility index (Phi) is 3.38. The summed E-state index contributed by atoms with van der Waals surface area (Å²) in [5.41, 5.74) is 6.74. The zero-order valence-corrected chi connectivity index (χ0v) is 9.74. The van der Waals surface area contributed by atoms with Gasteiger partial charge in [-0.2, -0.15) is 0 Å². The van der Waals surface area contributed by atoms with Gasteiger partial charge in [0.15, 0.2) is 11.6 Å². The minimum atomic E-state index is -0.455. The Bertz CT molecular complexity index is 406. The van der Waals surface area contributed by atoms with Crippen LogP contribution in [0.1, 0.15) is 19.8 Å². The largest absolute Gasteiger partial charge is 0.491 e. The molecule has 1 aromatic rings. The van der Waals surface area contributed by atoms with Crippen molar-refractivity contribution in [2.24, 2.45) is 0 Å². The molecular formula is C12H17FN2O2. The summed E-state index contributed by atoms with van der Waals surface area (Å²) in [7, 11) is 0. The number of hydrogen-bond acceptors (Lipinski definition) is 4. The van der Waals surface area contributed by atoms with Crippen LogP contribution in [0.5, 0.6) is 5.75 Å². The molecule has 5 heteroatoms. The summed E-state index contributed by atoms with van der Waals surface area (Å²) in [5.74, 6) is -0.257. The fraction of sp³-hybridized carbons (Fsp3) is 0.500. The molecule has 1 saturated carbocycles. The predicted octanol–water partition coefficient (Wildman–Crippen LogP) is 1.74. The van der Waals surface area contributed by atoms with Crippen LogP contribution in [0.15, 0.2) is 12.1 Å². The van der Waals surface area contributed by atoms with Gasteiger partial charge < -0.3 is 20.9 Å². The van der Waals surface area contributed by atoms with Crippen molar-refractivity contribution in [3.05, 3.63) is 17.9 Å². The monoisotopic (exact) mass is 240 g/mol. The number of nitrogens with two attached hydrogens (primary N) is 1. The lowest BCUT2D eigenvalue weighted by Gasteiger charge is -2.33. The average molecular weight is 240 g/mol. The zero-order valence-electron chi connectivity index (χ0n) is 9.74. The second-order valence-electron chi connectivity index (χ2n) is 4.27. The molecule has 2 rings (SSSR count). The first-order valence-corrected chi connectivity index (χ1v) is 5.76. The third-order valence-electron chi connectivity index (χ3n) is 2.88. The van der Waals surface area contributed by atoms with E-state index in [-0.39, 0.29) is 17.9 Å². The molecule has 0 aliphatic heterocycles. The molecule has 1 aliphatic carbocycles. The third-order valence-corrected chi connectivity index (χ3v) is 2.88. The number of anilines is 2. The van der Waals surface area contributed by atoms with Crippen LogP contribution in [0.25, 0.3) is 0 Å². The number of benzene rings is 1. The van der Waals surface area contributed by atoms with Crippen LogP contribution in [0.4, 0.5) is 15.8 Å². The molecule has 0 amide bonds.